The van der Waals surface area contributed by atoms with Crippen LogP contribution >= 0.6 is 0 Å². The highest BCUT2D eigenvalue weighted by Crippen LogP contribution is 2.46. The van der Waals surface area contributed by atoms with E-state index in [9.17, 15) is 0 Å². The van der Waals surface area contributed by atoms with Crippen molar-refractivity contribution >= 4 is 17.0 Å². The van der Waals surface area contributed by atoms with Gasteiger partial charge in [-0.1, -0.05) is 48.5 Å². The quantitative estimate of drug-likeness (QED) is 0.553. The van der Waals surface area contributed by atoms with Crippen molar-refractivity contribution in [3.63, 3.8) is 0 Å². The number of hydrogen-bond donors (Lipinski definition) is 0. The number of rotatable bonds is 2. The molecule has 0 unspecified atom stereocenters. The zero-order chi connectivity index (χ0) is 16.8. The van der Waals surface area contributed by atoms with Crippen molar-refractivity contribution in [2.75, 3.05) is 11.9 Å². The summed E-state index contributed by atoms with van der Waals surface area (Å²) in [5.41, 5.74) is 6.71. The first-order valence-corrected chi connectivity index (χ1v) is 8.32. The first-order chi connectivity index (χ1) is 12.3. The Balaban J connectivity index is 1.66. The van der Waals surface area contributed by atoms with Crippen molar-refractivity contribution in [1.82, 2.24) is 15.0 Å². The van der Waals surface area contributed by atoms with Gasteiger partial charge in [-0.2, -0.15) is 0 Å². The molecule has 4 nitrogen and oxygen atoms in total. The summed E-state index contributed by atoms with van der Waals surface area (Å²) in [6.45, 7) is 0. The van der Waals surface area contributed by atoms with E-state index in [-0.39, 0.29) is 6.04 Å². The number of aromatic nitrogens is 3. The van der Waals surface area contributed by atoms with Gasteiger partial charge in [0.15, 0.2) is 5.65 Å². The minimum atomic E-state index is 0.147. The predicted octanol–water partition coefficient (Wildman–Crippen LogP) is 4.23. The normalized spacial score (nSPS) is 12.8. The lowest BCUT2D eigenvalue weighted by Crippen LogP contribution is -2.24. The molecule has 0 saturated carbocycles. The topological polar surface area (TPSA) is 41.9 Å². The molecule has 0 bridgehead atoms. The van der Waals surface area contributed by atoms with Crippen molar-refractivity contribution in [1.29, 1.82) is 0 Å². The smallest absolute Gasteiger partial charge is 0.180 e. The molecule has 5 rings (SSSR count). The van der Waals surface area contributed by atoms with Gasteiger partial charge in [0.05, 0.1) is 6.04 Å². The molecule has 0 N–H and O–H groups in total. The molecule has 1 aliphatic carbocycles. The summed E-state index contributed by atoms with van der Waals surface area (Å²) in [4.78, 5) is 15.6. The summed E-state index contributed by atoms with van der Waals surface area (Å²) in [6, 6.07) is 21.3. The molecule has 0 radical (unpaired) electrons. The number of anilines is 1. The monoisotopic (exact) mass is 324 g/mol. The highest BCUT2D eigenvalue weighted by atomic mass is 15.2. The van der Waals surface area contributed by atoms with E-state index in [0.29, 0.717) is 5.65 Å². The maximum atomic E-state index is 4.72. The van der Waals surface area contributed by atoms with Gasteiger partial charge < -0.3 is 4.90 Å². The van der Waals surface area contributed by atoms with Gasteiger partial charge in [-0.3, -0.25) is 4.98 Å². The third-order valence-corrected chi connectivity index (χ3v) is 4.87. The molecule has 0 atom stereocenters. The average molecular weight is 324 g/mol. The molecule has 1 aliphatic rings. The minimum Gasteiger partial charge on any atom is -0.348 e. The van der Waals surface area contributed by atoms with Crippen LogP contribution in [-0.4, -0.2) is 22.0 Å². The molecule has 2 aromatic carbocycles. The first-order valence-electron chi connectivity index (χ1n) is 8.32. The van der Waals surface area contributed by atoms with Crippen LogP contribution in [0, 0.1) is 0 Å². The SMILES string of the molecule is CN(c1ccc2nccnc2n1)C1c2ccccc2-c2ccccc21. The number of benzene rings is 2. The van der Waals surface area contributed by atoms with Crippen LogP contribution in [0.25, 0.3) is 22.3 Å². The fourth-order valence-corrected chi connectivity index (χ4v) is 3.72. The van der Waals surface area contributed by atoms with Crippen LogP contribution in [0.15, 0.2) is 73.1 Å². The number of hydrogen-bond acceptors (Lipinski definition) is 4. The summed E-state index contributed by atoms with van der Waals surface area (Å²) in [6.07, 6.45) is 3.37. The van der Waals surface area contributed by atoms with Gasteiger partial charge in [0.2, 0.25) is 0 Å². The molecular formula is C21H16N4. The minimum absolute atomic E-state index is 0.147. The van der Waals surface area contributed by atoms with Gasteiger partial charge in [0.1, 0.15) is 11.3 Å². The Morgan fingerprint density at radius 3 is 2.12 bits per heavy atom. The third-order valence-electron chi connectivity index (χ3n) is 4.87. The van der Waals surface area contributed by atoms with E-state index in [0.717, 1.165) is 11.3 Å². The fraction of sp³-hybridized carbons (Fsp3) is 0.0952. The Hall–Kier alpha value is -3.27. The molecule has 120 valence electrons. The lowest BCUT2D eigenvalue weighted by atomic mass is 10.0. The first kappa shape index (κ1) is 14.1. The Labute approximate surface area is 145 Å². The van der Waals surface area contributed by atoms with Crippen molar-refractivity contribution < 1.29 is 0 Å². The van der Waals surface area contributed by atoms with Gasteiger partial charge in [-0.25, -0.2) is 9.97 Å². The highest BCUT2D eigenvalue weighted by molar-refractivity contribution is 5.80. The molecule has 4 aromatic rings. The van der Waals surface area contributed by atoms with E-state index < -0.39 is 0 Å². The fourth-order valence-electron chi connectivity index (χ4n) is 3.72. The summed E-state index contributed by atoms with van der Waals surface area (Å²) < 4.78 is 0. The summed E-state index contributed by atoms with van der Waals surface area (Å²) in [5.74, 6) is 0.893. The summed E-state index contributed by atoms with van der Waals surface area (Å²) in [7, 11) is 2.09. The second-order valence-corrected chi connectivity index (χ2v) is 6.26. The molecule has 25 heavy (non-hydrogen) atoms. The lowest BCUT2D eigenvalue weighted by molar-refractivity contribution is 0.789. The van der Waals surface area contributed by atoms with Crippen LogP contribution in [0.5, 0.6) is 0 Å². The van der Waals surface area contributed by atoms with Crippen LogP contribution in [0.4, 0.5) is 5.82 Å². The van der Waals surface area contributed by atoms with Gasteiger partial charge in [0.25, 0.3) is 0 Å². The molecular weight excluding hydrogens is 308 g/mol. The molecule has 0 aliphatic heterocycles. The lowest BCUT2D eigenvalue weighted by Gasteiger charge is -2.27. The number of nitrogens with zero attached hydrogens (tertiary/aromatic N) is 4. The van der Waals surface area contributed by atoms with Crippen LogP contribution < -0.4 is 4.90 Å². The molecule has 0 saturated heterocycles. The van der Waals surface area contributed by atoms with E-state index in [1.807, 2.05) is 12.1 Å². The number of pyridine rings is 1. The third kappa shape index (κ3) is 2.11. The molecule has 2 heterocycles. The van der Waals surface area contributed by atoms with Gasteiger partial charge in [-0.05, 0) is 34.4 Å². The standard InChI is InChI=1S/C21H16N4/c1-25(19-11-10-18-21(24-19)23-13-12-22-18)20-16-8-4-2-6-14(16)15-7-3-5-9-17(15)20/h2-13,20H,1H3. The molecule has 0 amide bonds. The van der Waals surface area contributed by atoms with Gasteiger partial charge in [0, 0.05) is 19.4 Å². The van der Waals surface area contributed by atoms with Gasteiger partial charge in [-0.15, -0.1) is 0 Å². The van der Waals surface area contributed by atoms with E-state index in [2.05, 4.69) is 70.4 Å². The van der Waals surface area contributed by atoms with Crippen LogP contribution in [0.1, 0.15) is 17.2 Å². The molecule has 0 fully saturated rings. The van der Waals surface area contributed by atoms with E-state index >= 15 is 0 Å². The van der Waals surface area contributed by atoms with E-state index in [1.54, 1.807) is 12.4 Å². The van der Waals surface area contributed by atoms with Crippen molar-refractivity contribution in [3.8, 4) is 11.1 Å². The maximum absolute atomic E-state index is 4.72. The Kier molecular flexibility index (Phi) is 3.04. The highest BCUT2D eigenvalue weighted by Gasteiger charge is 2.31. The average Bonchev–Trinajstić information content (AvgIpc) is 3.01. The predicted molar refractivity (Wildman–Crippen MR) is 99.5 cm³/mol. The number of fused-ring (bicyclic) bond motifs is 4. The zero-order valence-corrected chi connectivity index (χ0v) is 13.8. The molecule has 4 heteroatoms. The van der Waals surface area contributed by atoms with Crippen LogP contribution in [-0.2, 0) is 0 Å². The van der Waals surface area contributed by atoms with Crippen LogP contribution in [0.3, 0.4) is 0 Å². The summed E-state index contributed by atoms with van der Waals surface area (Å²) >= 11 is 0. The second kappa shape index (κ2) is 5.38. The largest absolute Gasteiger partial charge is 0.348 e. The van der Waals surface area contributed by atoms with Gasteiger partial charge >= 0.3 is 0 Å². The second-order valence-electron chi connectivity index (χ2n) is 6.26. The van der Waals surface area contributed by atoms with E-state index in [1.165, 1.54) is 22.3 Å². The zero-order valence-electron chi connectivity index (χ0n) is 13.8. The van der Waals surface area contributed by atoms with Crippen molar-refractivity contribution in [2.24, 2.45) is 0 Å². The van der Waals surface area contributed by atoms with Crippen molar-refractivity contribution in [3.05, 3.63) is 84.2 Å². The maximum Gasteiger partial charge on any atom is 0.180 e. The van der Waals surface area contributed by atoms with Crippen molar-refractivity contribution in [2.45, 2.75) is 6.04 Å². The molecule has 0 spiro atoms. The Bertz CT molecular complexity index is 1040. The summed E-state index contributed by atoms with van der Waals surface area (Å²) in [5, 5.41) is 0. The molecule has 2 aromatic heterocycles. The Morgan fingerprint density at radius 2 is 1.40 bits per heavy atom. The Morgan fingerprint density at radius 1 is 0.760 bits per heavy atom. The van der Waals surface area contributed by atoms with E-state index in [4.69, 9.17) is 4.98 Å². The van der Waals surface area contributed by atoms with Crippen LogP contribution in [0.2, 0.25) is 0 Å².